The Morgan fingerprint density at radius 2 is 1.80 bits per heavy atom. The summed E-state index contributed by atoms with van der Waals surface area (Å²) in [4.78, 5) is 16.5. The second kappa shape index (κ2) is 7.62. The standard InChI is InChI=1S/C19H19BrF2N2O/c1-13-2-3-14(10-18(13)22)19(25)24-8-6-23(7-9-24)12-15-4-5-16(21)11-17(15)20/h2-5,10-11H,6-9,12H2,1H3. The molecule has 0 bridgehead atoms. The highest BCUT2D eigenvalue weighted by Crippen LogP contribution is 2.21. The summed E-state index contributed by atoms with van der Waals surface area (Å²) >= 11 is 3.39. The van der Waals surface area contributed by atoms with Gasteiger partial charge in [-0.2, -0.15) is 0 Å². The fourth-order valence-electron chi connectivity index (χ4n) is 2.91. The Bertz CT molecular complexity index is 789. The van der Waals surface area contributed by atoms with E-state index in [2.05, 4.69) is 20.8 Å². The van der Waals surface area contributed by atoms with Crippen molar-refractivity contribution in [2.24, 2.45) is 0 Å². The van der Waals surface area contributed by atoms with Gasteiger partial charge in [0, 0.05) is 42.8 Å². The molecular weight excluding hydrogens is 390 g/mol. The van der Waals surface area contributed by atoms with Crippen molar-refractivity contribution in [2.75, 3.05) is 26.2 Å². The van der Waals surface area contributed by atoms with E-state index >= 15 is 0 Å². The molecule has 1 heterocycles. The first-order valence-electron chi connectivity index (χ1n) is 8.16. The van der Waals surface area contributed by atoms with Crippen LogP contribution < -0.4 is 0 Å². The zero-order valence-electron chi connectivity index (χ0n) is 13.9. The second-order valence-corrected chi connectivity index (χ2v) is 7.12. The molecule has 3 rings (SSSR count). The van der Waals surface area contributed by atoms with E-state index in [1.54, 1.807) is 30.0 Å². The number of rotatable bonds is 3. The van der Waals surface area contributed by atoms with E-state index in [0.717, 1.165) is 23.1 Å². The van der Waals surface area contributed by atoms with Crippen LogP contribution in [-0.2, 0) is 6.54 Å². The van der Waals surface area contributed by atoms with Crippen LogP contribution in [0.3, 0.4) is 0 Å². The van der Waals surface area contributed by atoms with Crippen molar-refractivity contribution in [3.05, 3.63) is 69.2 Å². The van der Waals surface area contributed by atoms with E-state index in [9.17, 15) is 13.6 Å². The highest BCUT2D eigenvalue weighted by atomic mass is 79.9. The lowest BCUT2D eigenvalue weighted by Crippen LogP contribution is -2.48. The number of halogens is 3. The van der Waals surface area contributed by atoms with Crippen LogP contribution >= 0.6 is 15.9 Å². The third kappa shape index (κ3) is 4.25. The predicted octanol–water partition coefficient (Wildman–Crippen LogP) is 3.99. The summed E-state index contributed by atoms with van der Waals surface area (Å²) in [5.41, 5.74) is 1.94. The quantitative estimate of drug-likeness (QED) is 0.766. The van der Waals surface area contributed by atoms with Crippen molar-refractivity contribution in [1.82, 2.24) is 9.80 Å². The molecule has 1 aliphatic heterocycles. The van der Waals surface area contributed by atoms with Gasteiger partial charge >= 0.3 is 0 Å². The highest BCUT2D eigenvalue weighted by Gasteiger charge is 2.23. The Kier molecular flexibility index (Phi) is 5.49. The molecule has 1 aliphatic rings. The molecule has 0 unspecified atom stereocenters. The third-order valence-corrected chi connectivity index (χ3v) is 5.23. The van der Waals surface area contributed by atoms with Gasteiger partial charge in [-0.15, -0.1) is 0 Å². The summed E-state index contributed by atoms with van der Waals surface area (Å²) in [5.74, 6) is -0.761. The Morgan fingerprint density at radius 3 is 2.44 bits per heavy atom. The van der Waals surface area contributed by atoms with E-state index in [1.807, 2.05) is 0 Å². The minimum absolute atomic E-state index is 0.137. The number of hydrogen-bond donors (Lipinski definition) is 0. The van der Waals surface area contributed by atoms with Crippen LogP contribution in [0.4, 0.5) is 8.78 Å². The maximum absolute atomic E-state index is 13.7. The minimum atomic E-state index is -0.356. The number of aryl methyl sites for hydroxylation is 1. The van der Waals surface area contributed by atoms with Crippen molar-refractivity contribution in [3.63, 3.8) is 0 Å². The average molecular weight is 409 g/mol. The monoisotopic (exact) mass is 408 g/mol. The highest BCUT2D eigenvalue weighted by molar-refractivity contribution is 9.10. The Morgan fingerprint density at radius 1 is 1.08 bits per heavy atom. The molecule has 0 aromatic heterocycles. The molecular formula is C19H19BrF2N2O. The summed E-state index contributed by atoms with van der Waals surface area (Å²) in [6.45, 7) is 5.01. The van der Waals surface area contributed by atoms with Gasteiger partial charge in [-0.25, -0.2) is 8.78 Å². The van der Waals surface area contributed by atoms with E-state index in [1.165, 1.54) is 18.2 Å². The van der Waals surface area contributed by atoms with Crippen LogP contribution in [0.25, 0.3) is 0 Å². The molecule has 0 spiro atoms. The van der Waals surface area contributed by atoms with Gasteiger partial charge in [0.25, 0.3) is 5.91 Å². The van der Waals surface area contributed by atoms with Gasteiger partial charge in [0.2, 0.25) is 0 Å². The molecule has 1 saturated heterocycles. The Labute approximate surface area is 154 Å². The maximum Gasteiger partial charge on any atom is 0.254 e. The van der Waals surface area contributed by atoms with Gasteiger partial charge in [-0.1, -0.05) is 28.1 Å². The lowest BCUT2D eigenvalue weighted by atomic mass is 10.1. The summed E-state index contributed by atoms with van der Waals surface area (Å²) in [5, 5.41) is 0. The van der Waals surface area contributed by atoms with Crippen LogP contribution in [0.5, 0.6) is 0 Å². The average Bonchev–Trinajstić information content (AvgIpc) is 2.60. The number of piperazine rings is 1. The summed E-state index contributed by atoms with van der Waals surface area (Å²) in [6.07, 6.45) is 0. The minimum Gasteiger partial charge on any atom is -0.336 e. The lowest BCUT2D eigenvalue weighted by molar-refractivity contribution is 0.0627. The number of nitrogens with zero attached hydrogens (tertiary/aromatic N) is 2. The van der Waals surface area contributed by atoms with Crippen molar-refractivity contribution in [3.8, 4) is 0 Å². The van der Waals surface area contributed by atoms with Crippen molar-refractivity contribution >= 4 is 21.8 Å². The zero-order chi connectivity index (χ0) is 18.0. The van der Waals surface area contributed by atoms with Gasteiger partial charge < -0.3 is 4.90 Å². The van der Waals surface area contributed by atoms with Crippen LogP contribution in [-0.4, -0.2) is 41.9 Å². The number of amides is 1. The van der Waals surface area contributed by atoms with Crippen LogP contribution in [0.2, 0.25) is 0 Å². The molecule has 0 saturated carbocycles. The zero-order valence-corrected chi connectivity index (χ0v) is 15.5. The first-order chi connectivity index (χ1) is 11.9. The van der Waals surface area contributed by atoms with Crippen molar-refractivity contribution in [2.45, 2.75) is 13.5 Å². The fourth-order valence-corrected chi connectivity index (χ4v) is 3.38. The maximum atomic E-state index is 13.7. The van der Waals surface area contributed by atoms with Crippen molar-refractivity contribution in [1.29, 1.82) is 0 Å². The summed E-state index contributed by atoms with van der Waals surface area (Å²) < 4.78 is 27.6. The van der Waals surface area contributed by atoms with Gasteiger partial charge in [0.05, 0.1) is 0 Å². The SMILES string of the molecule is Cc1ccc(C(=O)N2CCN(Cc3ccc(F)cc3Br)CC2)cc1F. The smallest absolute Gasteiger partial charge is 0.254 e. The molecule has 0 N–H and O–H groups in total. The lowest BCUT2D eigenvalue weighted by Gasteiger charge is -2.35. The van der Waals surface area contributed by atoms with Crippen LogP contribution in [0, 0.1) is 18.6 Å². The number of benzene rings is 2. The van der Waals surface area contributed by atoms with Crippen molar-refractivity contribution < 1.29 is 13.6 Å². The second-order valence-electron chi connectivity index (χ2n) is 6.27. The summed E-state index contributed by atoms with van der Waals surface area (Å²) in [6, 6.07) is 9.28. The normalized spacial score (nSPS) is 15.4. The van der Waals surface area contributed by atoms with Gasteiger partial charge in [-0.3, -0.25) is 9.69 Å². The molecule has 0 atom stereocenters. The third-order valence-electron chi connectivity index (χ3n) is 4.49. The molecule has 1 fully saturated rings. The van der Waals surface area contributed by atoms with E-state index in [0.29, 0.717) is 30.8 Å². The van der Waals surface area contributed by atoms with E-state index in [-0.39, 0.29) is 17.5 Å². The molecule has 3 nitrogen and oxygen atoms in total. The number of carbonyl (C=O) groups is 1. The molecule has 0 aliphatic carbocycles. The first kappa shape index (κ1) is 18.0. The van der Waals surface area contributed by atoms with Crippen LogP contribution in [0.1, 0.15) is 21.5 Å². The molecule has 2 aromatic rings. The fraction of sp³-hybridized carbons (Fsp3) is 0.316. The first-order valence-corrected chi connectivity index (χ1v) is 8.95. The largest absolute Gasteiger partial charge is 0.336 e. The predicted molar refractivity (Wildman–Crippen MR) is 96.4 cm³/mol. The molecule has 25 heavy (non-hydrogen) atoms. The Hall–Kier alpha value is -1.79. The number of hydrogen-bond acceptors (Lipinski definition) is 2. The molecule has 2 aromatic carbocycles. The molecule has 132 valence electrons. The Balaban J connectivity index is 1.59. The topological polar surface area (TPSA) is 23.6 Å². The molecule has 6 heteroatoms. The molecule has 0 radical (unpaired) electrons. The summed E-state index contributed by atoms with van der Waals surface area (Å²) in [7, 11) is 0. The van der Waals surface area contributed by atoms with E-state index < -0.39 is 0 Å². The number of carbonyl (C=O) groups excluding carboxylic acids is 1. The van der Waals surface area contributed by atoms with Gasteiger partial charge in [0.15, 0.2) is 0 Å². The molecule has 1 amide bonds. The van der Waals surface area contributed by atoms with Gasteiger partial charge in [0.1, 0.15) is 11.6 Å². The van der Waals surface area contributed by atoms with Gasteiger partial charge in [-0.05, 0) is 42.3 Å². The van der Waals surface area contributed by atoms with Crippen LogP contribution in [0.15, 0.2) is 40.9 Å². The van der Waals surface area contributed by atoms with E-state index in [4.69, 9.17) is 0 Å².